The lowest BCUT2D eigenvalue weighted by molar-refractivity contribution is -0.288. The van der Waals surface area contributed by atoms with E-state index in [0.29, 0.717) is 63.4 Å². The van der Waals surface area contributed by atoms with Crippen molar-refractivity contribution in [2.24, 2.45) is 35.5 Å². The Morgan fingerprint density at radius 3 is 2.15 bits per heavy atom. The van der Waals surface area contributed by atoms with Crippen LogP contribution in [0.5, 0.6) is 0 Å². The largest absolute Gasteiger partial charge is 0.460 e. The lowest BCUT2D eigenvalue weighted by Gasteiger charge is -2.45. The molecule has 0 unspecified atom stereocenters. The fraction of sp³-hybridized carbons (Fsp3) is 0.772. The molecule has 0 aromatic heterocycles. The molecule has 0 radical (unpaired) electrons. The van der Waals surface area contributed by atoms with Crippen LogP contribution in [0.1, 0.15) is 126 Å². The van der Waals surface area contributed by atoms with Crippen LogP contribution in [-0.2, 0) is 61.9 Å². The Hall–Kier alpha value is -3.49. The fourth-order valence-electron chi connectivity index (χ4n) is 11.3. The standard InChI is InChI=1S/C57H91NO16/c1-36-16-12-11-13-17-37(2)48(67-8)34-44-21-19-42(7)57(74-44,72-29-26-61)54(64)55(65)58-23-15-14-18-45(58)56(66)73-49(39(4)32-43-20-22-47(70-27-24-59)50(33-43)68-9)35-46(62)38(3)31-41(6)52(71-28-25-60)53(69-10)51(63)40(5)30-36/h11-13,16-17,31,36,38-40,42-45,47-50,52-53,59-61H,14-15,18-30,32-35H2,1-10H3/b13-11+,16-12+,37-17+,41-31+/t36-,38-,39-,40-,42-,43+,44+,45-,47-,48+,49+,50-,52-,53+,57-/m1/s1. The summed E-state index contributed by atoms with van der Waals surface area (Å²) >= 11 is 0. The van der Waals surface area contributed by atoms with E-state index in [1.165, 1.54) is 12.0 Å². The maximum atomic E-state index is 14.8. The van der Waals surface area contributed by atoms with E-state index in [2.05, 4.69) is 0 Å². The quantitative estimate of drug-likeness (QED) is 0.0940. The second-order valence-corrected chi connectivity index (χ2v) is 21.3. The average Bonchev–Trinajstić information content (AvgIpc) is 3.39. The van der Waals surface area contributed by atoms with E-state index < -0.39 is 84.4 Å². The maximum absolute atomic E-state index is 14.8. The first-order valence-electron chi connectivity index (χ1n) is 27.2. The number of hydrogen-bond donors (Lipinski definition) is 3. The third-order valence-corrected chi connectivity index (χ3v) is 15.6. The van der Waals surface area contributed by atoms with Crippen LogP contribution in [0, 0.1) is 35.5 Å². The molecule has 1 saturated carbocycles. The number of cyclic esters (lactones) is 1. The van der Waals surface area contributed by atoms with Gasteiger partial charge in [-0.2, -0.15) is 0 Å². The molecule has 0 aromatic rings. The fourth-order valence-corrected chi connectivity index (χ4v) is 11.3. The first-order chi connectivity index (χ1) is 35.4. The number of aliphatic hydroxyl groups is 3. The summed E-state index contributed by atoms with van der Waals surface area (Å²) in [4.78, 5) is 74.2. The maximum Gasteiger partial charge on any atom is 0.329 e. The summed E-state index contributed by atoms with van der Waals surface area (Å²) in [5, 5.41) is 29.2. The first-order valence-corrected chi connectivity index (χ1v) is 27.2. The van der Waals surface area contributed by atoms with Crippen LogP contribution in [0.2, 0.25) is 0 Å². The SMILES string of the molecule is CO[C@H]1C[C@@H]2CC[C@@H](C)[C@@](OCCO)(O2)C(=O)C(=O)N2CCCC[C@@H]2C(=O)O[C@H]([C@H](C)C[C@@H]2CC[C@@H](OCCO)[C@H](OC)C2)CC(=O)[C@H](C)/C=C(\C)[C@@H](OCCO)[C@@H](OC)C(=O)[C@H](C)C[C@H](C)/C=C/C=C/C=C/1C. The number of methoxy groups -OCH3 is 3. The molecule has 0 spiro atoms. The minimum atomic E-state index is -2.05. The number of fused-ring (bicyclic) bond motifs is 3. The molecule has 3 N–H and O–H groups in total. The van der Waals surface area contributed by atoms with Gasteiger partial charge in [0.15, 0.2) is 5.78 Å². The van der Waals surface area contributed by atoms with Gasteiger partial charge in [-0.25, -0.2) is 4.79 Å². The van der Waals surface area contributed by atoms with Crippen LogP contribution >= 0.6 is 0 Å². The molecule has 17 heteroatoms. The van der Waals surface area contributed by atoms with Crippen molar-refractivity contribution in [1.82, 2.24) is 4.90 Å². The first kappa shape index (κ1) is 63.0. The number of amides is 1. The van der Waals surface area contributed by atoms with Gasteiger partial charge in [-0.1, -0.05) is 71.1 Å². The Morgan fingerprint density at radius 2 is 1.47 bits per heavy atom. The van der Waals surface area contributed by atoms with Gasteiger partial charge >= 0.3 is 5.97 Å². The van der Waals surface area contributed by atoms with Gasteiger partial charge in [0.05, 0.1) is 64.1 Å². The number of Topliss-reactive ketones (excluding diaryl/α,β-unsaturated/α-hetero) is 3. The van der Waals surface area contributed by atoms with Crippen LogP contribution in [-0.4, -0.2) is 172 Å². The molecule has 1 aliphatic carbocycles. The van der Waals surface area contributed by atoms with Crippen molar-refractivity contribution in [2.45, 2.75) is 180 Å². The summed E-state index contributed by atoms with van der Waals surface area (Å²) in [5.74, 6) is -7.08. The molecule has 3 aliphatic heterocycles. The highest BCUT2D eigenvalue weighted by molar-refractivity contribution is 6.39. The smallest absolute Gasteiger partial charge is 0.329 e. The van der Waals surface area contributed by atoms with Crippen molar-refractivity contribution in [3.05, 3.63) is 47.6 Å². The molecular formula is C57H91NO16. The Balaban J connectivity index is 1.78. The molecule has 4 rings (SSSR count). The number of aliphatic hydroxyl groups excluding tert-OH is 3. The Labute approximate surface area is 440 Å². The van der Waals surface area contributed by atoms with Gasteiger partial charge in [0.2, 0.25) is 5.79 Å². The Bertz CT molecular complexity index is 1920. The number of ether oxygens (including phenoxy) is 8. The average molecular weight is 1050 g/mol. The van der Waals surface area contributed by atoms with E-state index in [-0.39, 0.29) is 93.9 Å². The van der Waals surface area contributed by atoms with Gasteiger partial charge in [0, 0.05) is 58.5 Å². The molecule has 15 atom stereocenters. The predicted octanol–water partition coefficient (Wildman–Crippen LogP) is 6.23. The Morgan fingerprint density at radius 1 is 0.757 bits per heavy atom. The molecule has 420 valence electrons. The lowest BCUT2D eigenvalue weighted by Crippen LogP contribution is -2.62. The molecule has 2 bridgehead atoms. The highest BCUT2D eigenvalue weighted by Gasteiger charge is 2.55. The number of ketones is 3. The van der Waals surface area contributed by atoms with Gasteiger partial charge in [-0.3, -0.25) is 19.2 Å². The number of piperidine rings is 1. The highest BCUT2D eigenvalue weighted by Crippen LogP contribution is 2.40. The molecule has 1 amide bonds. The summed E-state index contributed by atoms with van der Waals surface area (Å²) in [5.41, 5.74) is 1.45. The molecular weight excluding hydrogens is 955 g/mol. The summed E-state index contributed by atoms with van der Waals surface area (Å²) < 4.78 is 48.7. The summed E-state index contributed by atoms with van der Waals surface area (Å²) in [6.07, 6.45) is 12.9. The number of rotatable bonds is 15. The van der Waals surface area contributed by atoms with E-state index in [1.807, 2.05) is 58.1 Å². The zero-order valence-corrected chi connectivity index (χ0v) is 46.1. The van der Waals surface area contributed by atoms with Gasteiger partial charge in [-0.05, 0) is 107 Å². The zero-order valence-electron chi connectivity index (χ0n) is 46.1. The zero-order chi connectivity index (χ0) is 54.5. The van der Waals surface area contributed by atoms with Crippen LogP contribution in [0.25, 0.3) is 0 Å². The second kappa shape index (κ2) is 31.7. The molecule has 74 heavy (non-hydrogen) atoms. The number of carbonyl (C=O) groups is 5. The molecule has 17 nitrogen and oxygen atoms in total. The van der Waals surface area contributed by atoms with Crippen molar-refractivity contribution in [3.8, 4) is 0 Å². The van der Waals surface area contributed by atoms with Gasteiger partial charge in [0.25, 0.3) is 11.7 Å². The third kappa shape index (κ3) is 17.5. The van der Waals surface area contributed by atoms with E-state index in [1.54, 1.807) is 41.1 Å². The molecule has 2 saturated heterocycles. The van der Waals surface area contributed by atoms with Crippen molar-refractivity contribution in [1.29, 1.82) is 0 Å². The van der Waals surface area contributed by atoms with E-state index >= 15 is 0 Å². The number of nitrogens with zero attached hydrogens (tertiary/aromatic N) is 1. The van der Waals surface area contributed by atoms with Crippen molar-refractivity contribution >= 4 is 29.2 Å². The van der Waals surface area contributed by atoms with Gasteiger partial charge < -0.3 is 58.1 Å². The normalized spacial score (nSPS) is 37.0. The second-order valence-electron chi connectivity index (χ2n) is 21.3. The number of allylic oxidation sites excluding steroid dienone is 6. The number of hydrogen-bond acceptors (Lipinski definition) is 16. The Kier molecular flexibility index (Phi) is 27.0. The van der Waals surface area contributed by atoms with Crippen LogP contribution < -0.4 is 0 Å². The van der Waals surface area contributed by atoms with Crippen molar-refractivity contribution < 1.29 is 77.2 Å². The summed E-state index contributed by atoms with van der Waals surface area (Å²) in [6, 6.07) is -1.14. The van der Waals surface area contributed by atoms with Crippen LogP contribution in [0.4, 0.5) is 0 Å². The molecule has 3 fully saturated rings. The van der Waals surface area contributed by atoms with Crippen LogP contribution in [0.15, 0.2) is 47.6 Å². The monoisotopic (exact) mass is 1050 g/mol. The van der Waals surface area contributed by atoms with Gasteiger partial charge in [0.1, 0.15) is 30.1 Å². The number of esters is 1. The van der Waals surface area contributed by atoms with E-state index in [4.69, 9.17) is 37.9 Å². The van der Waals surface area contributed by atoms with E-state index in [0.717, 1.165) is 12.0 Å². The number of carbonyl (C=O) groups excluding carboxylic acids is 5. The van der Waals surface area contributed by atoms with Crippen molar-refractivity contribution in [2.75, 3.05) is 67.5 Å². The van der Waals surface area contributed by atoms with Crippen molar-refractivity contribution in [3.63, 3.8) is 0 Å². The van der Waals surface area contributed by atoms with Crippen LogP contribution in [0.3, 0.4) is 0 Å². The minimum absolute atomic E-state index is 0.0105. The molecule has 0 aromatic carbocycles. The predicted molar refractivity (Wildman–Crippen MR) is 278 cm³/mol. The lowest BCUT2D eigenvalue weighted by atomic mass is 9.78. The minimum Gasteiger partial charge on any atom is -0.460 e. The van der Waals surface area contributed by atoms with E-state index in [9.17, 15) is 39.3 Å². The topological polar surface area (TPSA) is 223 Å². The van der Waals surface area contributed by atoms with Gasteiger partial charge in [-0.15, -0.1) is 0 Å². The molecule has 3 heterocycles. The third-order valence-electron chi connectivity index (χ3n) is 15.6. The summed E-state index contributed by atoms with van der Waals surface area (Å²) in [7, 11) is 4.67. The highest BCUT2D eigenvalue weighted by atomic mass is 16.7. The summed E-state index contributed by atoms with van der Waals surface area (Å²) in [6.45, 7) is 12.2. The molecule has 4 aliphatic rings.